The van der Waals surface area contributed by atoms with E-state index in [2.05, 4.69) is 0 Å². The van der Waals surface area contributed by atoms with Gasteiger partial charge in [-0.15, -0.1) is 0 Å². The lowest BCUT2D eigenvalue weighted by atomic mass is 10.1. The summed E-state index contributed by atoms with van der Waals surface area (Å²) in [6, 6.07) is 5.57. The summed E-state index contributed by atoms with van der Waals surface area (Å²) in [7, 11) is 0. The van der Waals surface area contributed by atoms with Gasteiger partial charge < -0.3 is 14.6 Å². The van der Waals surface area contributed by atoms with Gasteiger partial charge in [-0.3, -0.25) is 0 Å². The Hall–Kier alpha value is -1.51. The first-order chi connectivity index (χ1) is 6.09. The third-order valence-corrected chi connectivity index (χ3v) is 1.68. The van der Waals surface area contributed by atoms with Crippen LogP contribution in [0.2, 0.25) is 0 Å². The molecule has 70 valence electrons. The number of hydrogen-bond acceptors (Lipinski definition) is 3. The molecular formula is C10H11O3-. The Kier molecular flexibility index (Phi) is 2.90. The van der Waals surface area contributed by atoms with Gasteiger partial charge in [-0.25, -0.2) is 0 Å². The number of ether oxygens (including phenoxy) is 1. The summed E-state index contributed by atoms with van der Waals surface area (Å²) in [6.45, 7) is 3.44. The average Bonchev–Trinajstić information content (AvgIpc) is 2.02. The van der Waals surface area contributed by atoms with Crippen molar-refractivity contribution in [2.45, 2.75) is 13.8 Å². The van der Waals surface area contributed by atoms with Crippen LogP contribution in [0, 0.1) is 13.8 Å². The van der Waals surface area contributed by atoms with E-state index in [1.807, 2.05) is 26.0 Å². The molecule has 0 bridgehead atoms. The summed E-state index contributed by atoms with van der Waals surface area (Å²) in [5.41, 5.74) is 2.06. The van der Waals surface area contributed by atoms with E-state index in [9.17, 15) is 9.90 Å². The molecule has 0 amide bonds. The molecule has 0 unspecified atom stereocenters. The highest BCUT2D eigenvalue weighted by Gasteiger charge is 1.98. The van der Waals surface area contributed by atoms with E-state index in [4.69, 9.17) is 4.74 Å². The van der Waals surface area contributed by atoms with Gasteiger partial charge in [-0.05, 0) is 25.5 Å². The Bertz CT molecular complexity index is 318. The fourth-order valence-corrected chi connectivity index (χ4v) is 1.10. The van der Waals surface area contributed by atoms with Crippen LogP contribution in [0.25, 0.3) is 0 Å². The van der Waals surface area contributed by atoms with Crippen LogP contribution in [0.1, 0.15) is 11.1 Å². The second-order valence-corrected chi connectivity index (χ2v) is 2.93. The SMILES string of the molecule is Cc1ccc(OCC(=O)[O-])c(C)c1. The van der Waals surface area contributed by atoms with Gasteiger partial charge in [0.25, 0.3) is 0 Å². The molecule has 1 aromatic carbocycles. The zero-order valence-electron chi connectivity index (χ0n) is 7.66. The van der Waals surface area contributed by atoms with Crippen molar-refractivity contribution in [2.24, 2.45) is 0 Å². The molecule has 0 spiro atoms. The summed E-state index contributed by atoms with van der Waals surface area (Å²) in [5.74, 6) is -0.616. The van der Waals surface area contributed by atoms with E-state index >= 15 is 0 Å². The zero-order valence-corrected chi connectivity index (χ0v) is 7.66. The van der Waals surface area contributed by atoms with Crippen LogP contribution in [0.5, 0.6) is 5.75 Å². The molecule has 0 N–H and O–H groups in total. The molecule has 0 saturated heterocycles. The quantitative estimate of drug-likeness (QED) is 0.676. The van der Waals surface area contributed by atoms with Gasteiger partial charge in [0.05, 0.1) is 5.97 Å². The van der Waals surface area contributed by atoms with Crippen LogP contribution in [0.3, 0.4) is 0 Å². The smallest absolute Gasteiger partial charge is 0.128 e. The number of carboxylic acids is 1. The molecule has 0 aliphatic heterocycles. The minimum Gasteiger partial charge on any atom is -0.546 e. The number of carbonyl (C=O) groups is 1. The Labute approximate surface area is 77.0 Å². The molecule has 0 fully saturated rings. The van der Waals surface area contributed by atoms with Crippen molar-refractivity contribution >= 4 is 5.97 Å². The van der Waals surface area contributed by atoms with Gasteiger partial charge in [0.2, 0.25) is 0 Å². The maximum atomic E-state index is 10.1. The number of carbonyl (C=O) groups excluding carboxylic acids is 1. The summed E-state index contributed by atoms with van der Waals surface area (Å²) < 4.78 is 4.99. The molecule has 3 heteroatoms. The largest absolute Gasteiger partial charge is 0.546 e. The molecule has 13 heavy (non-hydrogen) atoms. The van der Waals surface area contributed by atoms with Gasteiger partial charge in [0.1, 0.15) is 12.4 Å². The standard InChI is InChI=1S/C10H12O3/c1-7-3-4-9(8(2)5-7)13-6-10(11)12/h3-5H,6H2,1-2H3,(H,11,12)/p-1. The van der Waals surface area contributed by atoms with Gasteiger partial charge in [-0.1, -0.05) is 17.7 Å². The van der Waals surface area contributed by atoms with Crippen molar-refractivity contribution in [3.63, 3.8) is 0 Å². The summed E-state index contributed by atoms with van der Waals surface area (Å²) >= 11 is 0. The highest BCUT2D eigenvalue weighted by Crippen LogP contribution is 2.18. The number of aliphatic carboxylic acids is 1. The number of aryl methyl sites for hydroxylation is 2. The highest BCUT2D eigenvalue weighted by molar-refractivity contribution is 5.66. The number of benzene rings is 1. The molecule has 0 aliphatic carbocycles. The lowest BCUT2D eigenvalue weighted by Gasteiger charge is -2.09. The minimum absolute atomic E-state index is 0.399. The predicted octanol–water partition coefficient (Wildman–Crippen LogP) is 0.432. The van der Waals surface area contributed by atoms with Crippen molar-refractivity contribution in [1.29, 1.82) is 0 Å². The second-order valence-electron chi connectivity index (χ2n) is 2.93. The first-order valence-electron chi connectivity index (χ1n) is 3.99. The molecule has 0 aromatic heterocycles. The first-order valence-corrected chi connectivity index (χ1v) is 3.99. The molecule has 0 radical (unpaired) electrons. The van der Waals surface area contributed by atoms with Crippen molar-refractivity contribution in [3.05, 3.63) is 29.3 Å². The monoisotopic (exact) mass is 179 g/mol. The van der Waals surface area contributed by atoms with E-state index in [1.54, 1.807) is 6.07 Å². The third-order valence-electron chi connectivity index (χ3n) is 1.68. The number of rotatable bonds is 3. The van der Waals surface area contributed by atoms with Crippen molar-refractivity contribution < 1.29 is 14.6 Å². The van der Waals surface area contributed by atoms with Gasteiger partial charge in [-0.2, -0.15) is 0 Å². The molecule has 0 atom stereocenters. The average molecular weight is 179 g/mol. The summed E-state index contributed by atoms with van der Waals surface area (Å²) in [6.07, 6.45) is 0. The van der Waals surface area contributed by atoms with E-state index in [-0.39, 0.29) is 0 Å². The first kappa shape index (κ1) is 9.58. The molecular weight excluding hydrogens is 168 g/mol. The van der Waals surface area contributed by atoms with Gasteiger partial charge >= 0.3 is 0 Å². The van der Waals surface area contributed by atoms with Crippen LogP contribution in [0.15, 0.2) is 18.2 Å². The van der Waals surface area contributed by atoms with Gasteiger partial charge in [0.15, 0.2) is 0 Å². The maximum Gasteiger partial charge on any atom is 0.128 e. The Morgan fingerprint density at radius 3 is 2.69 bits per heavy atom. The fourth-order valence-electron chi connectivity index (χ4n) is 1.10. The van der Waals surface area contributed by atoms with Gasteiger partial charge in [0, 0.05) is 0 Å². The lowest BCUT2D eigenvalue weighted by molar-refractivity contribution is -0.307. The molecule has 3 nitrogen and oxygen atoms in total. The Morgan fingerprint density at radius 2 is 2.15 bits per heavy atom. The Balaban J connectivity index is 2.72. The predicted molar refractivity (Wildman–Crippen MR) is 46.4 cm³/mol. The molecule has 0 saturated carbocycles. The third kappa shape index (κ3) is 2.78. The van der Waals surface area contributed by atoms with Crippen LogP contribution >= 0.6 is 0 Å². The summed E-state index contributed by atoms with van der Waals surface area (Å²) in [4.78, 5) is 10.1. The van der Waals surface area contributed by atoms with E-state index in [0.717, 1.165) is 11.1 Å². The topological polar surface area (TPSA) is 49.4 Å². The van der Waals surface area contributed by atoms with Crippen LogP contribution in [-0.4, -0.2) is 12.6 Å². The molecule has 1 aromatic rings. The highest BCUT2D eigenvalue weighted by atomic mass is 16.5. The van der Waals surface area contributed by atoms with Crippen molar-refractivity contribution in [1.82, 2.24) is 0 Å². The van der Waals surface area contributed by atoms with E-state index < -0.39 is 12.6 Å². The normalized spacial score (nSPS) is 9.69. The Morgan fingerprint density at radius 1 is 1.46 bits per heavy atom. The number of carboxylic acid groups (broad SMARTS) is 1. The molecule has 1 rings (SSSR count). The fraction of sp³-hybridized carbons (Fsp3) is 0.300. The van der Waals surface area contributed by atoms with Crippen LogP contribution in [-0.2, 0) is 4.79 Å². The summed E-state index contributed by atoms with van der Waals surface area (Å²) in [5, 5.41) is 10.1. The molecule has 0 aliphatic rings. The van der Waals surface area contributed by atoms with E-state index in [1.165, 1.54) is 0 Å². The maximum absolute atomic E-state index is 10.1. The van der Waals surface area contributed by atoms with Crippen LogP contribution < -0.4 is 9.84 Å². The zero-order chi connectivity index (χ0) is 9.84. The molecule has 0 heterocycles. The van der Waals surface area contributed by atoms with Crippen molar-refractivity contribution in [2.75, 3.05) is 6.61 Å². The minimum atomic E-state index is -1.21. The van der Waals surface area contributed by atoms with Crippen molar-refractivity contribution in [3.8, 4) is 5.75 Å². The second kappa shape index (κ2) is 3.94. The van der Waals surface area contributed by atoms with Crippen LogP contribution in [0.4, 0.5) is 0 Å². The number of hydrogen-bond donors (Lipinski definition) is 0. The lowest BCUT2D eigenvalue weighted by Crippen LogP contribution is -2.29. The van der Waals surface area contributed by atoms with E-state index in [0.29, 0.717) is 5.75 Å².